The molecule has 1 fully saturated rings. The lowest BCUT2D eigenvalue weighted by atomic mass is 9.50. The fourth-order valence-corrected chi connectivity index (χ4v) is 4.27. The van der Waals surface area contributed by atoms with Crippen LogP contribution >= 0.6 is 0 Å². The van der Waals surface area contributed by atoms with E-state index >= 15 is 0 Å². The third kappa shape index (κ3) is 3.12. The van der Waals surface area contributed by atoms with Crippen LogP contribution in [0, 0.1) is 5.41 Å². The summed E-state index contributed by atoms with van der Waals surface area (Å²) in [6, 6.07) is 14.2. The van der Waals surface area contributed by atoms with Gasteiger partial charge >= 0.3 is 0 Å². The Balaban J connectivity index is 1.46. The van der Waals surface area contributed by atoms with Crippen molar-refractivity contribution in [1.82, 2.24) is 20.2 Å². The largest absolute Gasteiger partial charge is 0.307 e. The van der Waals surface area contributed by atoms with Crippen molar-refractivity contribution >= 4 is 11.9 Å². The number of H-pyrrole nitrogens is 1. The molecule has 1 aliphatic carbocycles. The lowest BCUT2D eigenvalue weighted by Gasteiger charge is -2.53. The van der Waals surface area contributed by atoms with Crippen LogP contribution in [0.4, 0.5) is 5.95 Å². The number of pyridine rings is 1. The van der Waals surface area contributed by atoms with E-state index in [1.165, 1.54) is 5.56 Å². The number of hydrogen-bond acceptors (Lipinski definition) is 4. The molecule has 4 rings (SSSR count). The number of aromatic amines is 1. The van der Waals surface area contributed by atoms with Crippen LogP contribution in [0.2, 0.25) is 0 Å². The number of rotatable bonds is 5. The van der Waals surface area contributed by atoms with Crippen LogP contribution in [0.25, 0.3) is 11.4 Å². The number of amides is 1. The smallest absolute Gasteiger partial charge is 0.232 e. The topological polar surface area (TPSA) is 83.6 Å². The maximum Gasteiger partial charge on any atom is 0.232 e. The number of aromatic nitrogens is 4. The van der Waals surface area contributed by atoms with Crippen LogP contribution in [0.3, 0.4) is 0 Å². The number of anilines is 1. The molecule has 0 spiro atoms. The summed E-state index contributed by atoms with van der Waals surface area (Å²) >= 11 is 0. The van der Waals surface area contributed by atoms with Crippen molar-refractivity contribution in [3.63, 3.8) is 0 Å². The van der Waals surface area contributed by atoms with Crippen LogP contribution < -0.4 is 5.32 Å². The van der Waals surface area contributed by atoms with Crippen LogP contribution in [0.1, 0.15) is 38.7 Å². The molecule has 0 unspecified atom stereocenters. The quantitative estimate of drug-likeness (QED) is 0.721. The normalized spacial score (nSPS) is 24.2. The molecule has 1 amide bonds. The SMILES string of the molecule is CCC1(c2ccccc2)CC(C)(C(=O)Nc2nnc(-c3ccncc3)[nH]2)C1. The Kier molecular flexibility index (Phi) is 4.26. The van der Waals surface area contributed by atoms with Gasteiger partial charge in [-0.25, -0.2) is 0 Å². The van der Waals surface area contributed by atoms with Gasteiger partial charge in [0.25, 0.3) is 0 Å². The molecule has 1 aromatic carbocycles. The van der Waals surface area contributed by atoms with Gasteiger partial charge in [0, 0.05) is 23.4 Å². The zero-order valence-electron chi connectivity index (χ0n) is 15.6. The van der Waals surface area contributed by atoms with E-state index in [9.17, 15) is 4.79 Å². The van der Waals surface area contributed by atoms with Crippen molar-refractivity contribution in [1.29, 1.82) is 0 Å². The first-order chi connectivity index (χ1) is 13.0. The molecule has 0 aliphatic heterocycles. The monoisotopic (exact) mass is 361 g/mol. The summed E-state index contributed by atoms with van der Waals surface area (Å²) in [5.41, 5.74) is 1.87. The Hall–Kier alpha value is -3.02. The molecule has 2 aromatic heterocycles. The zero-order chi connectivity index (χ0) is 18.9. The average Bonchev–Trinajstić information content (AvgIpc) is 3.15. The maximum absolute atomic E-state index is 12.9. The molecule has 1 aliphatic rings. The highest BCUT2D eigenvalue weighted by molar-refractivity contribution is 5.95. The van der Waals surface area contributed by atoms with E-state index in [1.54, 1.807) is 12.4 Å². The first-order valence-electron chi connectivity index (χ1n) is 9.25. The molecule has 3 aromatic rings. The summed E-state index contributed by atoms with van der Waals surface area (Å²) < 4.78 is 0. The molecular weight excluding hydrogens is 338 g/mol. The second-order valence-electron chi connectivity index (χ2n) is 7.63. The minimum atomic E-state index is -0.407. The van der Waals surface area contributed by atoms with Gasteiger partial charge in [-0.1, -0.05) is 44.2 Å². The Morgan fingerprint density at radius 1 is 1.11 bits per heavy atom. The molecule has 138 valence electrons. The molecule has 2 heterocycles. The van der Waals surface area contributed by atoms with E-state index in [2.05, 4.69) is 56.7 Å². The molecule has 27 heavy (non-hydrogen) atoms. The zero-order valence-corrected chi connectivity index (χ0v) is 15.6. The second kappa shape index (κ2) is 6.61. The fourth-order valence-electron chi connectivity index (χ4n) is 4.27. The van der Waals surface area contributed by atoms with Crippen molar-refractivity contribution < 1.29 is 4.79 Å². The van der Waals surface area contributed by atoms with E-state index in [1.807, 2.05) is 25.1 Å². The lowest BCUT2D eigenvalue weighted by Crippen LogP contribution is -2.53. The molecule has 0 atom stereocenters. The van der Waals surface area contributed by atoms with Crippen LogP contribution in [-0.4, -0.2) is 26.1 Å². The standard InChI is InChI=1S/C21H23N5O/c1-3-21(16-7-5-4-6-8-16)13-20(2,14-21)18(27)24-19-23-17(25-26-19)15-9-11-22-12-10-15/h4-12H,3,13-14H2,1-2H3,(H2,23,24,25,26,27). The summed E-state index contributed by atoms with van der Waals surface area (Å²) in [4.78, 5) is 19.9. The van der Waals surface area contributed by atoms with Crippen LogP contribution in [0.5, 0.6) is 0 Å². The van der Waals surface area contributed by atoms with Crippen molar-refractivity contribution in [2.24, 2.45) is 5.41 Å². The van der Waals surface area contributed by atoms with Crippen LogP contribution in [-0.2, 0) is 10.2 Å². The van der Waals surface area contributed by atoms with Gasteiger partial charge in [-0.15, -0.1) is 10.2 Å². The Bertz CT molecular complexity index is 929. The highest BCUT2D eigenvalue weighted by Crippen LogP contribution is 2.57. The van der Waals surface area contributed by atoms with Gasteiger partial charge in [-0.3, -0.25) is 15.1 Å². The molecule has 6 nitrogen and oxygen atoms in total. The van der Waals surface area contributed by atoms with Gasteiger partial charge in [0.1, 0.15) is 0 Å². The highest BCUT2D eigenvalue weighted by atomic mass is 16.2. The minimum absolute atomic E-state index is 0.0139. The molecule has 0 bridgehead atoms. The number of nitrogens with zero attached hydrogens (tertiary/aromatic N) is 3. The van der Waals surface area contributed by atoms with Gasteiger partial charge in [0.15, 0.2) is 5.82 Å². The first-order valence-corrected chi connectivity index (χ1v) is 9.25. The van der Waals surface area contributed by atoms with E-state index in [4.69, 9.17) is 0 Å². The number of benzene rings is 1. The van der Waals surface area contributed by atoms with Gasteiger partial charge in [0.05, 0.1) is 0 Å². The van der Waals surface area contributed by atoms with Crippen molar-refractivity contribution in [2.75, 3.05) is 5.32 Å². The van der Waals surface area contributed by atoms with E-state index < -0.39 is 5.41 Å². The number of hydrogen-bond donors (Lipinski definition) is 2. The molecule has 0 radical (unpaired) electrons. The summed E-state index contributed by atoms with van der Waals surface area (Å²) in [5.74, 6) is 0.973. The summed E-state index contributed by atoms with van der Waals surface area (Å²) in [5, 5.41) is 11.1. The van der Waals surface area contributed by atoms with Gasteiger partial charge in [-0.05, 0) is 42.4 Å². The Labute approximate surface area is 158 Å². The van der Waals surface area contributed by atoms with E-state index in [0.29, 0.717) is 11.8 Å². The third-order valence-electron chi connectivity index (χ3n) is 5.74. The van der Waals surface area contributed by atoms with E-state index in [-0.39, 0.29) is 11.3 Å². The summed E-state index contributed by atoms with van der Waals surface area (Å²) in [6.45, 7) is 4.22. The predicted molar refractivity (Wildman–Crippen MR) is 104 cm³/mol. The highest BCUT2D eigenvalue weighted by Gasteiger charge is 2.55. The van der Waals surface area contributed by atoms with Crippen molar-refractivity contribution in [3.8, 4) is 11.4 Å². The van der Waals surface area contributed by atoms with Gasteiger partial charge in [0.2, 0.25) is 11.9 Å². The predicted octanol–water partition coefficient (Wildman–Crippen LogP) is 3.95. The fraction of sp³-hybridized carbons (Fsp3) is 0.333. The van der Waals surface area contributed by atoms with E-state index in [0.717, 1.165) is 24.8 Å². The van der Waals surface area contributed by atoms with Crippen molar-refractivity contribution in [3.05, 3.63) is 60.4 Å². The number of carbonyl (C=O) groups excluding carboxylic acids is 1. The summed E-state index contributed by atoms with van der Waals surface area (Å²) in [7, 11) is 0. The number of carbonyl (C=O) groups is 1. The molecule has 2 N–H and O–H groups in total. The number of nitrogens with one attached hydrogen (secondary N) is 2. The maximum atomic E-state index is 12.9. The second-order valence-corrected chi connectivity index (χ2v) is 7.63. The van der Waals surface area contributed by atoms with Crippen molar-refractivity contribution in [2.45, 2.75) is 38.5 Å². The molecule has 0 saturated heterocycles. The Morgan fingerprint density at radius 2 is 1.81 bits per heavy atom. The molecule has 6 heteroatoms. The third-order valence-corrected chi connectivity index (χ3v) is 5.74. The molecule has 1 saturated carbocycles. The van der Waals surface area contributed by atoms with Gasteiger partial charge in [-0.2, -0.15) is 0 Å². The average molecular weight is 361 g/mol. The summed E-state index contributed by atoms with van der Waals surface area (Å²) in [6.07, 6.45) is 6.07. The molecular formula is C21H23N5O. The Morgan fingerprint density at radius 3 is 2.48 bits per heavy atom. The first kappa shape index (κ1) is 17.4. The van der Waals surface area contributed by atoms with Crippen LogP contribution in [0.15, 0.2) is 54.9 Å². The lowest BCUT2D eigenvalue weighted by molar-refractivity contribution is -0.134. The van der Waals surface area contributed by atoms with Gasteiger partial charge < -0.3 is 4.98 Å². The minimum Gasteiger partial charge on any atom is -0.307 e.